The molecule has 0 atom stereocenters. The summed E-state index contributed by atoms with van der Waals surface area (Å²) in [5.74, 6) is 0. The molecule has 1 aromatic heterocycles. The number of aryl methyl sites for hydroxylation is 2. The van der Waals surface area contributed by atoms with E-state index in [1.807, 2.05) is 37.3 Å². The van der Waals surface area contributed by atoms with Gasteiger partial charge in [-0.2, -0.15) is 0 Å². The van der Waals surface area contributed by atoms with E-state index < -0.39 is 0 Å². The Kier molecular flexibility index (Phi) is 4.27. The van der Waals surface area contributed by atoms with Crippen molar-refractivity contribution < 1.29 is 0 Å². The number of hydrogen-bond acceptors (Lipinski definition) is 2. The lowest BCUT2D eigenvalue weighted by atomic mass is 10.1. The molecule has 0 bridgehead atoms. The molecule has 3 nitrogen and oxygen atoms in total. The van der Waals surface area contributed by atoms with Gasteiger partial charge in [-0.15, -0.1) is 0 Å². The lowest BCUT2D eigenvalue weighted by molar-refractivity contribution is 1.01. The molecule has 2 N–H and O–H groups in total. The summed E-state index contributed by atoms with van der Waals surface area (Å²) in [6.45, 7) is 4.52. The number of aromatic amines is 1. The molecule has 0 aliphatic heterocycles. The number of hydrogen-bond donors (Lipinski definition) is 2. The number of halogens is 1. The fourth-order valence-corrected chi connectivity index (χ4v) is 2.20. The molecule has 0 radical (unpaired) electrons. The van der Waals surface area contributed by atoms with Crippen LogP contribution in [0.3, 0.4) is 0 Å². The lowest BCUT2D eigenvalue weighted by Gasteiger charge is -2.10. The third kappa shape index (κ3) is 3.18. The van der Waals surface area contributed by atoms with Crippen LogP contribution in [0, 0.1) is 6.92 Å². The van der Waals surface area contributed by atoms with Gasteiger partial charge < -0.3 is 10.3 Å². The van der Waals surface area contributed by atoms with Crippen LogP contribution in [0.5, 0.6) is 0 Å². The molecular weight excluding hydrogens is 260 g/mol. The quantitative estimate of drug-likeness (QED) is 0.897. The van der Waals surface area contributed by atoms with Crippen LogP contribution in [-0.2, 0) is 13.0 Å². The predicted octanol–water partition coefficient (Wildman–Crippen LogP) is 3.51. The van der Waals surface area contributed by atoms with E-state index >= 15 is 0 Å². The third-order valence-corrected chi connectivity index (χ3v) is 3.52. The number of H-pyrrole nitrogens is 1. The SMILES string of the molecule is CCc1cc(NCc2ccccc2Cl)c(=O)[nH]c1C. The Bertz CT molecular complexity index is 634. The van der Waals surface area contributed by atoms with E-state index in [1.165, 1.54) is 0 Å². The van der Waals surface area contributed by atoms with Crippen molar-refractivity contribution in [2.45, 2.75) is 26.8 Å². The summed E-state index contributed by atoms with van der Waals surface area (Å²) in [6.07, 6.45) is 0.892. The van der Waals surface area contributed by atoms with Crippen LogP contribution >= 0.6 is 11.6 Å². The Labute approximate surface area is 117 Å². The summed E-state index contributed by atoms with van der Waals surface area (Å²) in [4.78, 5) is 14.7. The second kappa shape index (κ2) is 5.93. The van der Waals surface area contributed by atoms with Crippen molar-refractivity contribution in [3.05, 3.63) is 62.5 Å². The molecule has 0 saturated carbocycles. The molecule has 2 aromatic rings. The predicted molar refractivity (Wildman–Crippen MR) is 80.0 cm³/mol. The Morgan fingerprint density at radius 2 is 2.00 bits per heavy atom. The monoisotopic (exact) mass is 276 g/mol. The van der Waals surface area contributed by atoms with Crippen molar-refractivity contribution in [2.24, 2.45) is 0 Å². The van der Waals surface area contributed by atoms with Crippen LogP contribution in [0.2, 0.25) is 5.02 Å². The highest BCUT2D eigenvalue weighted by Crippen LogP contribution is 2.16. The summed E-state index contributed by atoms with van der Waals surface area (Å²) >= 11 is 6.09. The lowest BCUT2D eigenvalue weighted by Crippen LogP contribution is -2.16. The molecule has 0 aliphatic carbocycles. The molecule has 4 heteroatoms. The zero-order valence-corrected chi connectivity index (χ0v) is 11.8. The first kappa shape index (κ1) is 13.7. The van der Waals surface area contributed by atoms with Crippen LogP contribution in [0.1, 0.15) is 23.7 Å². The highest BCUT2D eigenvalue weighted by atomic mass is 35.5. The van der Waals surface area contributed by atoms with Gasteiger partial charge in [0.25, 0.3) is 5.56 Å². The van der Waals surface area contributed by atoms with Crippen molar-refractivity contribution >= 4 is 17.3 Å². The van der Waals surface area contributed by atoms with E-state index in [0.717, 1.165) is 23.2 Å². The van der Waals surface area contributed by atoms with Crippen LogP contribution in [0.25, 0.3) is 0 Å². The van der Waals surface area contributed by atoms with Gasteiger partial charge >= 0.3 is 0 Å². The molecule has 0 spiro atoms. The van der Waals surface area contributed by atoms with Crippen LogP contribution in [-0.4, -0.2) is 4.98 Å². The van der Waals surface area contributed by atoms with E-state index in [-0.39, 0.29) is 5.56 Å². The van der Waals surface area contributed by atoms with Gasteiger partial charge in [-0.3, -0.25) is 4.79 Å². The maximum Gasteiger partial charge on any atom is 0.271 e. The van der Waals surface area contributed by atoms with E-state index in [1.54, 1.807) is 0 Å². The van der Waals surface area contributed by atoms with E-state index in [0.29, 0.717) is 17.3 Å². The zero-order valence-electron chi connectivity index (χ0n) is 11.1. The standard InChI is InChI=1S/C15H17ClN2O/c1-3-11-8-14(15(19)18-10(11)2)17-9-12-6-4-5-7-13(12)16/h4-8,17H,3,9H2,1-2H3,(H,18,19). The van der Waals surface area contributed by atoms with E-state index in [4.69, 9.17) is 11.6 Å². The molecule has 0 unspecified atom stereocenters. The largest absolute Gasteiger partial charge is 0.376 e. The average Bonchev–Trinajstić information content (AvgIpc) is 2.39. The van der Waals surface area contributed by atoms with Gasteiger partial charge in [0.15, 0.2) is 0 Å². The fraction of sp³-hybridized carbons (Fsp3) is 0.267. The molecule has 19 heavy (non-hydrogen) atoms. The normalized spacial score (nSPS) is 10.5. The first-order valence-electron chi connectivity index (χ1n) is 6.32. The molecule has 100 valence electrons. The van der Waals surface area contributed by atoms with Crippen molar-refractivity contribution in [3.63, 3.8) is 0 Å². The molecule has 0 aliphatic rings. The summed E-state index contributed by atoms with van der Waals surface area (Å²) < 4.78 is 0. The number of nitrogens with one attached hydrogen (secondary N) is 2. The van der Waals surface area contributed by atoms with Crippen LogP contribution in [0.4, 0.5) is 5.69 Å². The minimum Gasteiger partial charge on any atom is -0.376 e. The maximum absolute atomic E-state index is 11.9. The Morgan fingerprint density at radius 3 is 2.68 bits per heavy atom. The third-order valence-electron chi connectivity index (χ3n) is 3.15. The van der Waals surface area contributed by atoms with Crippen molar-refractivity contribution in [2.75, 3.05) is 5.32 Å². The van der Waals surface area contributed by atoms with Crippen molar-refractivity contribution in [1.29, 1.82) is 0 Å². The van der Waals surface area contributed by atoms with Crippen LogP contribution in [0.15, 0.2) is 35.1 Å². The smallest absolute Gasteiger partial charge is 0.271 e. The molecule has 1 aromatic carbocycles. The van der Waals surface area contributed by atoms with Crippen LogP contribution < -0.4 is 10.9 Å². The minimum absolute atomic E-state index is 0.0956. The summed E-state index contributed by atoms with van der Waals surface area (Å²) in [7, 11) is 0. The van der Waals surface area contributed by atoms with Gasteiger partial charge in [0.05, 0.1) is 0 Å². The Hall–Kier alpha value is -1.74. The summed E-state index contributed by atoms with van der Waals surface area (Å²) in [5.41, 5.74) is 3.53. The second-order valence-corrected chi connectivity index (χ2v) is 4.87. The summed E-state index contributed by atoms with van der Waals surface area (Å²) in [6, 6.07) is 9.51. The molecular formula is C15H17ClN2O. The zero-order chi connectivity index (χ0) is 13.8. The van der Waals surface area contributed by atoms with E-state index in [2.05, 4.69) is 17.2 Å². The van der Waals surface area contributed by atoms with Crippen molar-refractivity contribution in [1.82, 2.24) is 4.98 Å². The van der Waals surface area contributed by atoms with Gasteiger partial charge in [0, 0.05) is 17.3 Å². The van der Waals surface area contributed by atoms with Gasteiger partial charge in [0.2, 0.25) is 0 Å². The highest BCUT2D eigenvalue weighted by molar-refractivity contribution is 6.31. The molecule has 1 heterocycles. The average molecular weight is 277 g/mol. The van der Waals surface area contributed by atoms with Gasteiger partial charge in [-0.25, -0.2) is 0 Å². The highest BCUT2D eigenvalue weighted by Gasteiger charge is 2.05. The first-order chi connectivity index (χ1) is 9.11. The van der Waals surface area contributed by atoms with Crippen molar-refractivity contribution in [3.8, 4) is 0 Å². The van der Waals surface area contributed by atoms with Gasteiger partial charge in [-0.05, 0) is 36.6 Å². The number of rotatable bonds is 4. The molecule has 0 amide bonds. The molecule has 2 rings (SSSR count). The number of pyridine rings is 1. The van der Waals surface area contributed by atoms with E-state index in [9.17, 15) is 4.79 Å². The minimum atomic E-state index is -0.0956. The fourth-order valence-electron chi connectivity index (χ4n) is 2.00. The number of benzene rings is 1. The maximum atomic E-state index is 11.9. The first-order valence-corrected chi connectivity index (χ1v) is 6.69. The van der Waals surface area contributed by atoms with Gasteiger partial charge in [0.1, 0.15) is 5.69 Å². The number of aromatic nitrogens is 1. The number of anilines is 1. The Morgan fingerprint density at radius 1 is 1.26 bits per heavy atom. The molecule has 0 fully saturated rings. The van der Waals surface area contributed by atoms with Gasteiger partial charge in [-0.1, -0.05) is 36.7 Å². The Balaban J connectivity index is 2.20. The topological polar surface area (TPSA) is 44.9 Å². The molecule has 0 saturated heterocycles. The second-order valence-electron chi connectivity index (χ2n) is 4.46. The summed E-state index contributed by atoms with van der Waals surface area (Å²) in [5, 5.41) is 3.85.